The van der Waals surface area contributed by atoms with E-state index in [-0.39, 0.29) is 17.4 Å². The van der Waals surface area contributed by atoms with Gasteiger partial charge in [0, 0.05) is 10.9 Å². The van der Waals surface area contributed by atoms with Crippen LogP contribution in [0.15, 0.2) is 78.9 Å². The Hall–Kier alpha value is -3.66. The molecule has 4 rings (SSSR count). The maximum absolute atomic E-state index is 13.5. The van der Waals surface area contributed by atoms with Crippen LogP contribution in [0.25, 0.3) is 22.2 Å². The van der Waals surface area contributed by atoms with Crippen LogP contribution in [0.5, 0.6) is 5.75 Å². The highest BCUT2D eigenvalue weighted by Crippen LogP contribution is 2.32. The zero-order valence-electron chi connectivity index (χ0n) is 20.6. The number of para-hydroxylation sites is 2. The Balaban J connectivity index is 1.69. The van der Waals surface area contributed by atoms with Crippen LogP contribution >= 0.6 is 0 Å². The van der Waals surface area contributed by atoms with Crippen LogP contribution in [-0.2, 0) is 5.41 Å². The highest BCUT2D eigenvalue weighted by Gasteiger charge is 2.19. The van der Waals surface area contributed by atoms with Crippen molar-refractivity contribution in [2.45, 2.75) is 46.1 Å². The van der Waals surface area contributed by atoms with Gasteiger partial charge < -0.3 is 10.1 Å². The number of benzene rings is 3. The second-order valence-electron chi connectivity index (χ2n) is 9.57. The minimum Gasteiger partial charge on any atom is -0.493 e. The largest absolute Gasteiger partial charge is 0.493 e. The van der Waals surface area contributed by atoms with Gasteiger partial charge in [0.1, 0.15) is 5.75 Å². The summed E-state index contributed by atoms with van der Waals surface area (Å²) in [5, 5.41) is 4.01. The zero-order valence-corrected chi connectivity index (χ0v) is 20.6. The monoisotopic (exact) mass is 452 g/mol. The fourth-order valence-electron chi connectivity index (χ4n) is 4.09. The SMILES string of the molecule is CCOc1ccccc1-c1cc(C(=O)NC(C)c2ccc(C(C)(C)C)cc2)c2ccccc2n1. The van der Waals surface area contributed by atoms with Crippen LogP contribution in [0.1, 0.15) is 62.1 Å². The number of pyridine rings is 1. The van der Waals surface area contributed by atoms with Crippen LogP contribution in [0.3, 0.4) is 0 Å². The van der Waals surface area contributed by atoms with Gasteiger partial charge in [-0.1, -0.05) is 75.4 Å². The van der Waals surface area contributed by atoms with Crippen LogP contribution in [-0.4, -0.2) is 17.5 Å². The summed E-state index contributed by atoms with van der Waals surface area (Å²) in [4.78, 5) is 18.3. The van der Waals surface area contributed by atoms with Gasteiger partial charge in [-0.2, -0.15) is 0 Å². The van der Waals surface area contributed by atoms with Crippen molar-refractivity contribution in [3.05, 3.63) is 95.6 Å². The van der Waals surface area contributed by atoms with E-state index in [0.29, 0.717) is 12.2 Å². The first-order chi connectivity index (χ1) is 16.3. The molecule has 0 bridgehead atoms. The number of ether oxygens (including phenoxy) is 1. The smallest absolute Gasteiger partial charge is 0.252 e. The van der Waals surface area contributed by atoms with Crippen molar-refractivity contribution in [1.82, 2.24) is 10.3 Å². The molecule has 174 valence electrons. The number of fused-ring (bicyclic) bond motifs is 1. The highest BCUT2D eigenvalue weighted by molar-refractivity contribution is 6.07. The molecule has 34 heavy (non-hydrogen) atoms. The zero-order chi connectivity index (χ0) is 24.3. The first kappa shape index (κ1) is 23.5. The Bertz CT molecular complexity index is 1300. The van der Waals surface area contributed by atoms with Gasteiger partial charge in [-0.15, -0.1) is 0 Å². The first-order valence-corrected chi connectivity index (χ1v) is 11.8. The molecule has 0 aliphatic rings. The minimum absolute atomic E-state index is 0.0924. The molecule has 0 aliphatic carbocycles. The summed E-state index contributed by atoms with van der Waals surface area (Å²) in [5.74, 6) is 0.632. The molecule has 0 aliphatic heterocycles. The van der Waals surface area contributed by atoms with Gasteiger partial charge >= 0.3 is 0 Å². The molecule has 4 nitrogen and oxygen atoms in total. The number of aromatic nitrogens is 1. The van der Waals surface area contributed by atoms with E-state index in [1.165, 1.54) is 5.56 Å². The fourth-order valence-corrected chi connectivity index (χ4v) is 4.09. The Morgan fingerprint density at radius 1 is 0.971 bits per heavy atom. The average molecular weight is 453 g/mol. The number of carbonyl (C=O) groups excluding carboxylic acids is 1. The number of nitrogens with one attached hydrogen (secondary N) is 1. The molecule has 0 saturated carbocycles. The first-order valence-electron chi connectivity index (χ1n) is 11.8. The molecule has 0 fully saturated rings. The third kappa shape index (κ3) is 4.96. The highest BCUT2D eigenvalue weighted by atomic mass is 16.5. The lowest BCUT2D eigenvalue weighted by molar-refractivity contribution is 0.0941. The number of hydrogen-bond acceptors (Lipinski definition) is 3. The van der Waals surface area contributed by atoms with E-state index in [0.717, 1.165) is 33.5 Å². The summed E-state index contributed by atoms with van der Waals surface area (Å²) in [6.07, 6.45) is 0. The quantitative estimate of drug-likeness (QED) is 0.340. The van der Waals surface area contributed by atoms with Crippen molar-refractivity contribution < 1.29 is 9.53 Å². The Morgan fingerprint density at radius 2 is 1.65 bits per heavy atom. The lowest BCUT2D eigenvalue weighted by Gasteiger charge is -2.21. The Kier molecular flexibility index (Phi) is 6.69. The van der Waals surface area contributed by atoms with Crippen molar-refractivity contribution in [3.63, 3.8) is 0 Å². The summed E-state index contributed by atoms with van der Waals surface area (Å²) >= 11 is 0. The fraction of sp³-hybridized carbons (Fsp3) is 0.267. The van der Waals surface area contributed by atoms with Gasteiger partial charge in [-0.05, 0) is 54.7 Å². The molecule has 1 heterocycles. The minimum atomic E-state index is -0.132. The second-order valence-corrected chi connectivity index (χ2v) is 9.57. The van der Waals surface area contributed by atoms with Crippen LogP contribution in [0.2, 0.25) is 0 Å². The normalized spacial score (nSPS) is 12.4. The number of hydrogen-bond donors (Lipinski definition) is 1. The molecule has 4 aromatic rings. The van der Waals surface area contributed by atoms with Crippen molar-refractivity contribution in [2.24, 2.45) is 0 Å². The van der Waals surface area contributed by atoms with E-state index in [1.54, 1.807) is 0 Å². The summed E-state index contributed by atoms with van der Waals surface area (Å²) < 4.78 is 5.82. The number of amides is 1. The van der Waals surface area contributed by atoms with Crippen molar-refractivity contribution in [1.29, 1.82) is 0 Å². The van der Waals surface area contributed by atoms with Gasteiger partial charge in [0.15, 0.2) is 0 Å². The molecule has 3 aromatic carbocycles. The van der Waals surface area contributed by atoms with E-state index < -0.39 is 0 Å². The van der Waals surface area contributed by atoms with Crippen LogP contribution < -0.4 is 10.1 Å². The summed E-state index contributed by atoms with van der Waals surface area (Å²) in [6, 6.07) is 25.8. The Morgan fingerprint density at radius 3 is 2.35 bits per heavy atom. The van der Waals surface area contributed by atoms with Crippen molar-refractivity contribution >= 4 is 16.8 Å². The summed E-state index contributed by atoms with van der Waals surface area (Å²) in [5.41, 5.74) is 5.40. The van der Waals surface area contributed by atoms with Gasteiger partial charge in [-0.25, -0.2) is 4.98 Å². The number of carbonyl (C=O) groups is 1. The molecule has 0 saturated heterocycles. The van der Waals surface area contributed by atoms with Gasteiger partial charge in [0.05, 0.1) is 29.4 Å². The molecular formula is C30H32N2O2. The third-order valence-electron chi connectivity index (χ3n) is 6.05. The molecule has 1 unspecified atom stereocenters. The molecular weight excluding hydrogens is 420 g/mol. The molecule has 1 N–H and O–H groups in total. The van der Waals surface area contributed by atoms with E-state index in [2.05, 4.69) is 50.4 Å². The van der Waals surface area contributed by atoms with Crippen molar-refractivity contribution in [3.8, 4) is 17.0 Å². The lowest BCUT2D eigenvalue weighted by Crippen LogP contribution is -2.27. The van der Waals surface area contributed by atoms with Crippen LogP contribution in [0, 0.1) is 0 Å². The lowest BCUT2D eigenvalue weighted by atomic mass is 9.86. The predicted molar refractivity (Wildman–Crippen MR) is 139 cm³/mol. The maximum Gasteiger partial charge on any atom is 0.252 e. The summed E-state index contributed by atoms with van der Waals surface area (Å²) in [6.45, 7) is 11.1. The topological polar surface area (TPSA) is 51.2 Å². The van der Waals surface area contributed by atoms with E-state index in [1.807, 2.05) is 68.4 Å². The second kappa shape index (κ2) is 9.68. The summed E-state index contributed by atoms with van der Waals surface area (Å²) in [7, 11) is 0. The van der Waals surface area contributed by atoms with Crippen molar-refractivity contribution in [2.75, 3.05) is 6.61 Å². The predicted octanol–water partition coefficient (Wildman–Crippen LogP) is 7.09. The Labute approximate surface area is 202 Å². The average Bonchev–Trinajstić information content (AvgIpc) is 2.83. The molecule has 4 heteroatoms. The molecule has 1 aromatic heterocycles. The molecule has 0 radical (unpaired) electrons. The molecule has 1 atom stereocenters. The molecule has 0 spiro atoms. The maximum atomic E-state index is 13.5. The van der Waals surface area contributed by atoms with Gasteiger partial charge in [0.25, 0.3) is 5.91 Å². The molecule has 1 amide bonds. The van der Waals surface area contributed by atoms with Gasteiger partial charge in [-0.3, -0.25) is 4.79 Å². The number of nitrogens with zero attached hydrogens (tertiary/aromatic N) is 1. The van der Waals surface area contributed by atoms with E-state index in [9.17, 15) is 4.79 Å². The van der Waals surface area contributed by atoms with Gasteiger partial charge in [0.2, 0.25) is 0 Å². The third-order valence-corrected chi connectivity index (χ3v) is 6.05. The standard InChI is InChI=1S/C30H32N2O2/c1-6-34-28-14-10-8-12-24(28)27-19-25(23-11-7-9-13-26(23)32-27)29(33)31-20(2)21-15-17-22(18-16-21)30(3,4)5/h7-20H,6H2,1-5H3,(H,31,33). The van der Waals surface area contributed by atoms with E-state index >= 15 is 0 Å². The van der Waals surface area contributed by atoms with Crippen LogP contribution in [0.4, 0.5) is 0 Å². The van der Waals surface area contributed by atoms with E-state index in [4.69, 9.17) is 9.72 Å². The number of rotatable bonds is 6.